The van der Waals surface area contributed by atoms with Gasteiger partial charge in [0.2, 0.25) is 2.33 Å². The van der Waals surface area contributed by atoms with Crippen LogP contribution in [0.4, 0.5) is 0 Å². The second kappa shape index (κ2) is 4.19. The van der Waals surface area contributed by atoms with Crippen LogP contribution >= 0.6 is 47.8 Å². The third kappa shape index (κ3) is 33.6. The van der Waals surface area contributed by atoms with Gasteiger partial charge in [-0.3, -0.25) is 0 Å². The van der Waals surface area contributed by atoms with E-state index < -0.39 is 2.33 Å². The molecule has 0 saturated heterocycles. The maximum atomic E-state index is 8.27. The quantitative estimate of drug-likeness (QED) is 0.654. The molecule has 0 radical (unpaired) electrons. The Morgan fingerprint density at radius 1 is 1.17 bits per heavy atom. The summed E-state index contributed by atoms with van der Waals surface area (Å²) in [6.45, 7) is 0. The van der Waals surface area contributed by atoms with Crippen molar-refractivity contribution in [2.45, 2.75) is 2.33 Å². The summed E-state index contributed by atoms with van der Waals surface area (Å²) in [4.78, 5) is 0. The summed E-state index contributed by atoms with van der Waals surface area (Å²) in [5.41, 5.74) is 0. The zero-order valence-corrected chi connectivity index (χ0v) is 9.80. The second-order valence-electron chi connectivity index (χ2n) is 0.468. The fraction of sp³-hybridized carbons (Fsp3) is 1.00. The molecule has 0 amide bonds. The van der Waals surface area contributed by atoms with E-state index in [1.54, 1.807) is 0 Å². The molecule has 0 spiro atoms. The summed E-state index contributed by atoms with van der Waals surface area (Å²) in [6.07, 6.45) is 0. The van der Waals surface area contributed by atoms with Crippen molar-refractivity contribution in [3.63, 3.8) is 0 Å². The Bertz CT molecular complexity index is 26.3. The zero-order valence-electron chi connectivity index (χ0n) is 2.58. The number of hydrogen-bond acceptors (Lipinski definition) is 1. The van der Waals surface area contributed by atoms with Crippen molar-refractivity contribution in [3.05, 3.63) is 0 Å². The minimum absolute atomic E-state index is 0. The van der Waals surface area contributed by atoms with E-state index in [9.17, 15) is 0 Å². The second-order valence-corrected chi connectivity index (χ2v) is 7.10. The van der Waals surface area contributed by atoms with E-state index in [1.807, 2.05) is 0 Å². The van der Waals surface area contributed by atoms with Crippen LogP contribution in [-0.4, -0.2) is 7.44 Å². The predicted octanol–water partition coefficient (Wildman–Crippen LogP) is 1.77. The minimum Gasteiger partial charge on any atom is -0.361 e. The van der Waals surface area contributed by atoms with Crippen molar-refractivity contribution in [1.82, 2.24) is 0 Å². The monoisotopic (exact) mass is 356 g/mol. The van der Waals surface area contributed by atoms with E-state index in [2.05, 4.69) is 47.8 Å². The largest absolute Gasteiger partial charge is 0.361 e. The molecule has 6 heavy (non-hydrogen) atoms. The molecule has 0 aromatic carbocycles. The first-order valence-electron chi connectivity index (χ1n) is 0.791. The van der Waals surface area contributed by atoms with Gasteiger partial charge >= 0.3 is 0 Å². The molecule has 0 saturated carbocycles. The zero-order chi connectivity index (χ0) is 4.50. The standard InChI is InChI=1S/CHBr3O.Zr/c2-1(3,4)5;/h5H;. The number of hydrogen-bond donors (Lipinski definition) is 1. The molecule has 0 fully saturated rings. The van der Waals surface area contributed by atoms with Crippen LogP contribution in [-0.2, 0) is 26.2 Å². The molecule has 0 bridgehead atoms. The van der Waals surface area contributed by atoms with Gasteiger partial charge < -0.3 is 5.11 Å². The van der Waals surface area contributed by atoms with Crippen molar-refractivity contribution in [1.29, 1.82) is 0 Å². The van der Waals surface area contributed by atoms with Crippen LogP contribution in [0.15, 0.2) is 0 Å². The van der Waals surface area contributed by atoms with Gasteiger partial charge in [0.25, 0.3) is 0 Å². The molecule has 36 valence electrons. The van der Waals surface area contributed by atoms with E-state index in [0.29, 0.717) is 0 Å². The molecular weight excluding hydrogens is 359 g/mol. The third-order valence-corrected chi connectivity index (χ3v) is 0. The van der Waals surface area contributed by atoms with Gasteiger partial charge in [-0.15, -0.1) is 0 Å². The number of aliphatic hydroxyl groups is 1. The molecular formula is CHBr3OZr. The van der Waals surface area contributed by atoms with E-state index in [4.69, 9.17) is 5.11 Å². The van der Waals surface area contributed by atoms with Gasteiger partial charge in [0.05, 0.1) is 0 Å². The summed E-state index contributed by atoms with van der Waals surface area (Å²) < 4.78 is -1.06. The van der Waals surface area contributed by atoms with Gasteiger partial charge in [0.1, 0.15) is 0 Å². The molecule has 0 aliphatic heterocycles. The fourth-order valence-corrected chi connectivity index (χ4v) is 0. The summed E-state index contributed by atoms with van der Waals surface area (Å²) in [5.74, 6) is 0. The molecule has 0 rings (SSSR count). The molecule has 0 aliphatic carbocycles. The molecule has 1 N–H and O–H groups in total. The Balaban J connectivity index is 0. The first kappa shape index (κ1) is 11.1. The molecule has 0 heterocycles. The Morgan fingerprint density at radius 2 is 1.17 bits per heavy atom. The number of alkyl halides is 3. The molecule has 0 aromatic rings. The van der Waals surface area contributed by atoms with Crippen molar-refractivity contribution < 1.29 is 31.3 Å². The molecule has 0 aliphatic rings. The SMILES string of the molecule is OC(Br)(Br)Br.[Zr]. The first-order chi connectivity index (χ1) is 2.00. The Morgan fingerprint density at radius 3 is 1.17 bits per heavy atom. The van der Waals surface area contributed by atoms with E-state index >= 15 is 0 Å². The predicted molar refractivity (Wildman–Crippen MR) is 31.7 cm³/mol. The summed E-state index contributed by atoms with van der Waals surface area (Å²) >= 11 is 8.29. The normalized spacial score (nSPS) is 10.0. The average molecular weight is 360 g/mol. The Hall–Kier alpha value is 2.28. The van der Waals surface area contributed by atoms with Gasteiger partial charge in [0.15, 0.2) is 0 Å². The van der Waals surface area contributed by atoms with Gasteiger partial charge in [0, 0.05) is 26.2 Å². The van der Waals surface area contributed by atoms with Crippen molar-refractivity contribution in [3.8, 4) is 0 Å². The Kier molecular flexibility index (Phi) is 7.77. The molecule has 0 atom stereocenters. The van der Waals surface area contributed by atoms with Crippen LogP contribution in [0.2, 0.25) is 0 Å². The van der Waals surface area contributed by atoms with Crippen LogP contribution in [0.1, 0.15) is 0 Å². The van der Waals surface area contributed by atoms with Gasteiger partial charge in [-0.2, -0.15) is 0 Å². The van der Waals surface area contributed by atoms with Crippen molar-refractivity contribution in [2.75, 3.05) is 0 Å². The van der Waals surface area contributed by atoms with Crippen LogP contribution in [0, 0.1) is 0 Å². The summed E-state index contributed by atoms with van der Waals surface area (Å²) in [7, 11) is 0. The van der Waals surface area contributed by atoms with Crippen molar-refractivity contribution in [2.24, 2.45) is 0 Å². The number of halogens is 3. The van der Waals surface area contributed by atoms with Gasteiger partial charge in [-0.25, -0.2) is 0 Å². The molecule has 5 heteroatoms. The van der Waals surface area contributed by atoms with Crippen LogP contribution in [0.5, 0.6) is 0 Å². The van der Waals surface area contributed by atoms with Gasteiger partial charge in [-0.05, 0) is 47.8 Å². The molecule has 1 nitrogen and oxygen atoms in total. The van der Waals surface area contributed by atoms with E-state index in [1.165, 1.54) is 0 Å². The Labute approximate surface area is 80.4 Å². The minimum atomic E-state index is -1.06. The van der Waals surface area contributed by atoms with E-state index in [0.717, 1.165) is 0 Å². The first-order valence-corrected chi connectivity index (χ1v) is 3.17. The van der Waals surface area contributed by atoms with Crippen LogP contribution in [0.25, 0.3) is 0 Å². The third-order valence-electron chi connectivity index (χ3n) is 0. The molecule has 0 aromatic heterocycles. The van der Waals surface area contributed by atoms with E-state index in [-0.39, 0.29) is 26.2 Å². The van der Waals surface area contributed by atoms with Gasteiger partial charge in [-0.1, -0.05) is 0 Å². The number of rotatable bonds is 0. The summed E-state index contributed by atoms with van der Waals surface area (Å²) in [5, 5.41) is 8.27. The van der Waals surface area contributed by atoms with Crippen LogP contribution in [0.3, 0.4) is 0 Å². The van der Waals surface area contributed by atoms with Crippen LogP contribution < -0.4 is 0 Å². The maximum absolute atomic E-state index is 8.27. The average Bonchev–Trinajstić information content (AvgIpc) is 0.722. The topological polar surface area (TPSA) is 20.2 Å². The summed E-state index contributed by atoms with van der Waals surface area (Å²) in [6, 6.07) is 0. The smallest absolute Gasteiger partial charge is 0.231 e. The molecule has 0 unspecified atom stereocenters. The van der Waals surface area contributed by atoms with Crippen molar-refractivity contribution >= 4 is 47.8 Å². The fourth-order valence-electron chi connectivity index (χ4n) is 0. The maximum Gasteiger partial charge on any atom is 0.231 e.